The zero-order valence-corrected chi connectivity index (χ0v) is 16.4. The summed E-state index contributed by atoms with van der Waals surface area (Å²) in [6, 6.07) is 0. The van der Waals surface area contributed by atoms with Gasteiger partial charge in [0.2, 0.25) is 0 Å². The summed E-state index contributed by atoms with van der Waals surface area (Å²) in [4.78, 5) is 0. The molecule has 0 radical (unpaired) electrons. The summed E-state index contributed by atoms with van der Waals surface area (Å²) < 4.78 is 0. The lowest BCUT2D eigenvalue weighted by Gasteiger charge is -2.65. The van der Waals surface area contributed by atoms with Crippen LogP contribution in [0.1, 0.15) is 66.2 Å². The van der Waals surface area contributed by atoms with E-state index in [0.717, 1.165) is 47.3 Å². The molecule has 4 fully saturated rings. The standard InChI is InChI=1S/C22H40N2/c1-13-11-15-12-22(4,24-6)14(2)17-7-8-18-20(19(15)17)16(13)9-10-21(18,3)23-5/h13-20H,5-12,23-24H2,1-4H3. The van der Waals surface area contributed by atoms with Crippen LogP contribution < -0.4 is 10.6 Å². The Hall–Kier alpha value is -0.0800. The molecule has 2 nitrogen and oxygen atoms in total. The smallest absolute Gasteiger partial charge is 0.0726 e. The molecule has 138 valence electrons. The van der Waals surface area contributed by atoms with Crippen molar-refractivity contribution in [3.63, 3.8) is 0 Å². The van der Waals surface area contributed by atoms with Crippen LogP contribution in [0.3, 0.4) is 0 Å². The largest absolute Gasteiger partial charge is 0.474 e. The second kappa shape index (κ2) is 5.71. The van der Waals surface area contributed by atoms with Crippen molar-refractivity contribution in [1.82, 2.24) is 0 Å². The van der Waals surface area contributed by atoms with E-state index in [4.69, 9.17) is 0 Å². The van der Waals surface area contributed by atoms with Crippen LogP contribution in [0.15, 0.2) is 0 Å². The lowest BCUT2D eigenvalue weighted by molar-refractivity contribution is -0.693. The highest BCUT2D eigenvalue weighted by Gasteiger charge is 2.62. The third-order valence-corrected chi connectivity index (χ3v) is 9.84. The molecule has 24 heavy (non-hydrogen) atoms. The van der Waals surface area contributed by atoms with E-state index < -0.39 is 0 Å². The summed E-state index contributed by atoms with van der Waals surface area (Å²) in [7, 11) is 8.52. The lowest BCUT2D eigenvalue weighted by atomic mass is 9.41. The van der Waals surface area contributed by atoms with E-state index in [1.54, 1.807) is 0 Å². The molecule has 0 aliphatic heterocycles. The fourth-order valence-electron chi connectivity index (χ4n) is 8.22. The quantitative estimate of drug-likeness (QED) is 0.729. The normalized spacial score (nSPS) is 59.8. The number of nitrogens with two attached hydrogens (primary N) is 2. The van der Waals surface area contributed by atoms with Crippen molar-refractivity contribution < 1.29 is 10.6 Å². The third-order valence-electron chi connectivity index (χ3n) is 9.84. The first-order chi connectivity index (χ1) is 11.3. The van der Waals surface area contributed by atoms with E-state index >= 15 is 0 Å². The molecule has 0 spiro atoms. The Morgan fingerprint density at radius 1 is 0.875 bits per heavy atom. The average molecular weight is 333 g/mol. The van der Waals surface area contributed by atoms with E-state index in [2.05, 4.69) is 52.4 Å². The Morgan fingerprint density at radius 2 is 1.58 bits per heavy atom. The molecule has 0 saturated heterocycles. The maximum absolute atomic E-state index is 4.27. The number of hydrogen-bond donors (Lipinski definition) is 2. The van der Waals surface area contributed by atoms with Gasteiger partial charge in [0.15, 0.2) is 0 Å². The molecule has 0 aromatic heterocycles. The van der Waals surface area contributed by atoms with Gasteiger partial charge in [-0.15, -0.1) is 0 Å². The molecule has 4 N–H and O–H groups in total. The van der Waals surface area contributed by atoms with Crippen LogP contribution in [0.5, 0.6) is 0 Å². The zero-order valence-electron chi connectivity index (χ0n) is 16.4. The fourth-order valence-corrected chi connectivity index (χ4v) is 8.22. The van der Waals surface area contributed by atoms with Gasteiger partial charge in [-0.2, -0.15) is 14.1 Å². The van der Waals surface area contributed by atoms with Crippen molar-refractivity contribution in [3.05, 3.63) is 14.1 Å². The molecule has 0 aromatic rings. The van der Waals surface area contributed by atoms with Crippen molar-refractivity contribution in [3.8, 4) is 0 Å². The van der Waals surface area contributed by atoms with Crippen molar-refractivity contribution in [2.24, 2.45) is 47.3 Å². The van der Waals surface area contributed by atoms with Crippen LogP contribution >= 0.6 is 0 Å². The molecule has 0 heterocycles. The molecule has 0 aromatic carbocycles. The van der Waals surface area contributed by atoms with Gasteiger partial charge in [0.05, 0.1) is 11.1 Å². The molecule has 0 amide bonds. The third kappa shape index (κ3) is 2.21. The van der Waals surface area contributed by atoms with Crippen molar-refractivity contribution in [2.45, 2.75) is 77.3 Å². The molecule has 4 aliphatic carbocycles. The van der Waals surface area contributed by atoms with E-state index in [9.17, 15) is 0 Å². The van der Waals surface area contributed by atoms with Gasteiger partial charge in [-0.25, -0.2) is 0 Å². The van der Waals surface area contributed by atoms with Gasteiger partial charge in [-0.3, -0.25) is 0 Å². The summed E-state index contributed by atoms with van der Waals surface area (Å²) in [5, 5.41) is 4.65. The van der Waals surface area contributed by atoms with Crippen molar-refractivity contribution >= 4 is 0 Å². The minimum atomic E-state index is 0.363. The Morgan fingerprint density at radius 3 is 2.25 bits per heavy atom. The fraction of sp³-hybridized carbons (Fsp3) is 0.909. The van der Waals surface area contributed by atoms with Crippen LogP contribution in [-0.4, -0.2) is 11.1 Å². The molecule has 10 atom stereocenters. The van der Waals surface area contributed by atoms with Gasteiger partial charge in [0.25, 0.3) is 0 Å². The van der Waals surface area contributed by atoms with Crippen molar-refractivity contribution in [1.29, 1.82) is 0 Å². The highest BCUT2D eigenvalue weighted by molar-refractivity contribution is 5.10. The van der Waals surface area contributed by atoms with Crippen LogP contribution in [-0.2, 0) is 0 Å². The number of quaternary nitrogens is 2. The summed E-state index contributed by atoms with van der Waals surface area (Å²) in [6.07, 6.45) is 8.61. The first-order valence-corrected chi connectivity index (χ1v) is 10.6. The summed E-state index contributed by atoms with van der Waals surface area (Å²) in [5.74, 6) is 7.49. The predicted molar refractivity (Wildman–Crippen MR) is 98.3 cm³/mol. The van der Waals surface area contributed by atoms with E-state index in [0.29, 0.717) is 11.1 Å². The Kier molecular flexibility index (Phi) is 4.12. The van der Waals surface area contributed by atoms with Gasteiger partial charge in [-0.1, -0.05) is 13.8 Å². The van der Waals surface area contributed by atoms with Gasteiger partial charge < -0.3 is 10.6 Å². The number of rotatable bonds is 2. The molecule has 4 saturated carbocycles. The van der Waals surface area contributed by atoms with E-state index in [1.807, 2.05) is 0 Å². The maximum Gasteiger partial charge on any atom is 0.0726 e. The second-order valence-corrected chi connectivity index (χ2v) is 10.6. The highest BCUT2D eigenvalue weighted by Crippen LogP contribution is 2.64. The van der Waals surface area contributed by atoms with Gasteiger partial charge in [-0.05, 0) is 75.0 Å². The van der Waals surface area contributed by atoms with Crippen LogP contribution in [0, 0.1) is 61.4 Å². The Balaban J connectivity index is 1.73. The molecular formula is C22H40N2. The first kappa shape index (κ1) is 17.3. The minimum Gasteiger partial charge on any atom is -0.474 e. The zero-order chi connectivity index (χ0) is 17.3. The van der Waals surface area contributed by atoms with Crippen molar-refractivity contribution in [2.75, 3.05) is 0 Å². The summed E-state index contributed by atoms with van der Waals surface area (Å²) >= 11 is 0. The summed E-state index contributed by atoms with van der Waals surface area (Å²) in [5.41, 5.74) is 0.762. The predicted octanol–water partition coefficient (Wildman–Crippen LogP) is 2.58. The molecule has 2 heteroatoms. The van der Waals surface area contributed by atoms with E-state index in [-0.39, 0.29) is 0 Å². The van der Waals surface area contributed by atoms with Gasteiger partial charge in [0, 0.05) is 24.7 Å². The second-order valence-electron chi connectivity index (χ2n) is 10.6. The van der Waals surface area contributed by atoms with E-state index in [1.165, 1.54) is 38.5 Å². The highest BCUT2D eigenvalue weighted by atomic mass is 15.0. The molecular weight excluding hydrogens is 292 g/mol. The topological polar surface area (TPSA) is 33.2 Å². The molecule has 4 aliphatic rings. The summed E-state index contributed by atoms with van der Waals surface area (Å²) in [6.45, 7) is 10.1. The van der Waals surface area contributed by atoms with Crippen LogP contribution in [0.4, 0.5) is 0 Å². The first-order valence-electron chi connectivity index (χ1n) is 10.6. The van der Waals surface area contributed by atoms with Gasteiger partial charge in [0.1, 0.15) is 0 Å². The Labute approximate surface area is 149 Å². The maximum atomic E-state index is 4.27. The lowest BCUT2D eigenvalue weighted by Crippen LogP contribution is -2.95. The SMILES string of the molecule is [CH2-][NH2+]C1(C)CC2CC(C)C3CCC(C)([NH2+][CH2-])C4CCC(C2C34)C1C. The molecule has 0 bridgehead atoms. The van der Waals surface area contributed by atoms with Crippen LogP contribution in [0.25, 0.3) is 0 Å². The van der Waals surface area contributed by atoms with Crippen LogP contribution in [0.2, 0.25) is 0 Å². The number of hydrogen-bond acceptors (Lipinski definition) is 0. The Bertz CT molecular complexity index is 490. The molecule has 10 unspecified atom stereocenters. The molecule has 4 rings (SSSR count). The minimum absolute atomic E-state index is 0.363. The average Bonchev–Trinajstić information content (AvgIpc) is 2.58. The van der Waals surface area contributed by atoms with Gasteiger partial charge >= 0.3 is 0 Å². The monoisotopic (exact) mass is 332 g/mol.